The molecule has 1 N–H and O–H groups in total. The Morgan fingerprint density at radius 3 is 2.64 bits per heavy atom. The maximum absolute atomic E-state index is 10.7. The van der Waals surface area contributed by atoms with Gasteiger partial charge >= 0.3 is 5.97 Å². The van der Waals surface area contributed by atoms with Crippen LogP contribution >= 0.6 is 0 Å². The van der Waals surface area contributed by atoms with E-state index < -0.39 is 5.97 Å². The number of aromatic carboxylic acids is 1. The van der Waals surface area contributed by atoms with Gasteiger partial charge in [0.05, 0.1) is 5.56 Å². The van der Waals surface area contributed by atoms with E-state index in [-0.39, 0.29) is 11.3 Å². The molecule has 0 heterocycles. The zero-order valence-electron chi connectivity index (χ0n) is 7.99. The molecule has 0 aliphatic rings. The number of hydrogen-bond acceptors (Lipinski definition) is 2. The second-order valence-corrected chi connectivity index (χ2v) is 3.21. The number of ketones is 1. The number of carboxylic acid groups (broad SMARTS) is 1. The molecule has 0 aliphatic carbocycles. The third-order valence-corrected chi connectivity index (χ3v) is 1.94. The van der Waals surface area contributed by atoms with Gasteiger partial charge in [-0.15, -0.1) is 0 Å². The Balaban J connectivity index is 2.73. The molecule has 0 aromatic heterocycles. The minimum Gasteiger partial charge on any atom is -0.478 e. The van der Waals surface area contributed by atoms with E-state index in [1.165, 1.54) is 6.92 Å². The summed E-state index contributed by atoms with van der Waals surface area (Å²) in [5.41, 5.74) is 1.16. The molecule has 0 saturated heterocycles. The van der Waals surface area contributed by atoms with Crippen molar-refractivity contribution in [3.8, 4) is 0 Å². The fraction of sp³-hybridized carbons (Fsp3) is 0.273. The average Bonchev–Trinajstić information content (AvgIpc) is 2.15. The lowest BCUT2D eigenvalue weighted by Gasteiger charge is -2.00. The first-order chi connectivity index (χ1) is 6.59. The van der Waals surface area contributed by atoms with Gasteiger partial charge < -0.3 is 9.90 Å². The number of carboxylic acids is 1. The Hall–Kier alpha value is -1.64. The van der Waals surface area contributed by atoms with Gasteiger partial charge in [-0.3, -0.25) is 0 Å². The van der Waals surface area contributed by atoms with E-state index in [0.717, 1.165) is 5.56 Å². The molecule has 1 aromatic carbocycles. The van der Waals surface area contributed by atoms with Crippen LogP contribution in [-0.4, -0.2) is 16.9 Å². The highest BCUT2D eigenvalue weighted by molar-refractivity contribution is 5.87. The highest BCUT2D eigenvalue weighted by atomic mass is 16.4. The highest BCUT2D eigenvalue weighted by Gasteiger charge is 2.03. The van der Waals surface area contributed by atoms with Crippen LogP contribution < -0.4 is 0 Å². The Labute approximate surface area is 82.4 Å². The van der Waals surface area contributed by atoms with Gasteiger partial charge in [-0.2, -0.15) is 0 Å². The van der Waals surface area contributed by atoms with Gasteiger partial charge in [0.2, 0.25) is 0 Å². The predicted molar refractivity (Wildman–Crippen MR) is 52.4 cm³/mol. The van der Waals surface area contributed by atoms with E-state index in [2.05, 4.69) is 0 Å². The molecule has 1 aromatic rings. The standard InChI is InChI=1S/C11H12O3/c1-8(12)5-6-9-3-2-4-10(7-9)11(13)14/h2-4,7H,5-6H2,1H3,(H,13,14). The number of carbonyl (C=O) groups excluding carboxylic acids is 1. The number of aryl methyl sites for hydroxylation is 1. The van der Waals surface area contributed by atoms with E-state index in [1.54, 1.807) is 18.2 Å². The molecule has 0 atom stereocenters. The zero-order chi connectivity index (χ0) is 10.6. The van der Waals surface area contributed by atoms with Crippen molar-refractivity contribution in [2.24, 2.45) is 0 Å². The maximum atomic E-state index is 10.7. The fourth-order valence-corrected chi connectivity index (χ4v) is 1.18. The molecule has 0 radical (unpaired) electrons. The minimum atomic E-state index is -0.935. The summed E-state index contributed by atoms with van der Waals surface area (Å²) < 4.78 is 0. The van der Waals surface area contributed by atoms with Crippen molar-refractivity contribution in [1.29, 1.82) is 0 Å². The van der Waals surface area contributed by atoms with Crippen molar-refractivity contribution in [1.82, 2.24) is 0 Å². The average molecular weight is 192 g/mol. The molecule has 0 aliphatic heterocycles. The van der Waals surface area contributed by atoms with Crippen LogP contribution in [0.3, 0.4) is 0 Å². The summed E-state index contributed by atoms with van der Waals surface area (Å²) >= 11 is 0. The predicted octanol–water partition coefficient (Wildman–Crippen LogP) is 1.91. The van der Waals surface area contributed by atoms with Crippen molar-refractivity contribution < 1.29 is 14.7 Å². The van der Waals surface area contributed by atoms with Crippen molar-refractivity contribution in [3.05, 3.63) is 35.4 Å². The van der Waals surface area contributed by atoms with Gasteiger partial charge in [0, 0.05) is 6.42 Å². The van der Waals surface area contributed by atoms with E-state index in [1.807, 2.05) is 6.07 Å². The lowest BCUT2D eigenvalue weighted by atomic mass is 10.1. The van der Waals surface area contributed by atoms with Crippen molar-refractivity contribution in [2.75, 3.05) is 0 Å². The Kier molecular flexibility index (Phi) is 3.40. The maximum Gasteiger partial charge on any atom is 0.335 e. The molecule has 0 amide bonds. The number of benzene rings is 1. The molecule has 74 valence electrons. The lowest BCUT2D eigenvalue weighted by Crippen LogP contribution is -1.99. The molecular formula is C11H12O3. The topological polar surface area (TPSA) is 54.4 Å². The quantitative estimate of drug-likeness (QED) is 0.792. The molecular weight excluding hydrogens is 180 g/mol. The smallest absolute Gasteiger partial charge is 0.335 e. The third kappa shape index (κ3) is 3.01. The molecule has 0 bridgehead atoms. The summed E-state index contributed by atoms with van der Waals surface area (Å²) in [6, 6.07) is 6.67. The summed E-state index contributed by atoms with van der Waals surface area (Å²) in [4.78, 5) is 21.3. The molecule has 14 heavy (non-hydrogen) atoms. The van der Waals surface area contributed by atoms with Gasteiger partial charge in [-0.05, 0) is 31.0 Å². The van der Waals surface area contributed by atoms with Crippen LogP contribution in [0.5, 0.6) is 0 Å². The molecule has 3 heteroatoms. The summed E-state index contributed by atoms with van der Waals surface area (Å²) in [6.45, 7) is 1.53. The van der Waals surface area contributed by atoms with Crippen molar-refractivity contribution in [3.63, 3.8) is 0 Å². The Bertz CT molecular complexity index is 355. The third-order valence-electron chi connectivity index (χ3n) is 1.94. The monoisotopic (exact) mass is 192 g/mol. The zero-order valence-corrected chi connectivity index (χ0v) is 7.99. The van der Waals surface area contributed by atoms with Crippen LogP contribution in [0.15, 0.2) is 24.3 Å². The van der Waals surface area contributed by atoms with Gasteiger partial charge in [-0.1, -0.05) is 12.1 Å². The summed E-state index contributed by atoms with van der Waals surface area (Å²) in [5.74, 6) is -0.819. The van der Waals surface area contributed by atoms with Crippen LogP contribution in [0, 0.1) is 0 Å². The molecule has 3 nitrogen and oxygen atoms in total. The minimum absolute atomic E-state index is 0.116. The number of carbonyl (C=O) groups is 2. The van der Waals surface area contributed by atoms with E-state index >= 15 is 0 Å². The lowest BCUT2D eigenvalue weighted by molar-refractivity contribution is -0.116. The molecule has 0 saturated carbocycles. The Morgan fingerprint density at radius 2 is 2.07 bits per heavy atom. The number of hydrogen-bond donors (Lipinski definition) is 1. The van der Waals surface area contributed by atoms with Gasteiger partial charge in [-0.25, -0.2) is 4.79 Å². The second-order valence-electron chi connectivity index (χ2n) is 3.21. The highest BCUT2D eigenvalue weighted by Crippen LogP contribution is 2.07. The first-order valence-electron chi connectivity index (χ1n) is 4.41. The second kappa shape index (κ2) is 4.56. The first-order valence-corrected chi connectivity index (χ1v) is 4.41. The van der Waals surface area contributed by atoms with Crippen LogP contribution in [0.2, 0.25) is 0 Å². The molecule has 0 unspecified atom stereocenters. The van der Waals surface area contributed by atoms with Gasteiger partial charge in [0.25, 0.3) is 0 Å². The summed E-state index contributed by atoms with van der Waals surface area (Å²) in [5, 5.41) is 8.72. The number of Topliss-reactive ketones (excluding diaryl/α,β-unsaturated/α-hetero) is 1. The SMILES string of the molecule is CC(=O)CCc1cccc(C(=O)O)c1. The normalized spacial score (nSPS) is 9.79. The Morgan fingerprint density at radius 1 is 1.36 bits per heavy atom. The van der Waals surface area contributed by atoms with E-state index in [4.69, 9.17) is 5.11 Å². The first kappa shape index (κ1) is 10.4. The van der Waals surface area contributed by atoms with Gasteiger partial charge in [0.15, 0.2) is 0 Å². The fourth-order valence-electron chi connectivity index (χ4n) is 1.18. The van der Waals surface area contributed by atoms with Crippen LogP contribution in [0.25, 0.3) is 0 Å². The van der Waals surface area contributed by atoms with Gasteiger partial charge in [0.1, 0.15) is 5.78 Å². The van der Waals surface area contributed by atoms with E-state index in [9.17, 15) is 9.59 Å². The summed E-state index contributed by atoms with van der Waals surface area (Å²) in [7, 11) is 0. The molecule has 1 rings (SSSR count). The molecule has 0 fully saturated rings. The summed E-state index contributed by atoms with van der Waals surface area (Å²) in [6.07, 6.45) is 1.07. The largest absolute Gasteiger partial charge is 0.478 e. The van der Waals surface area contributed by atoms with E-state index in [0.29, 0.717) is 12.8 Å². The van der Waals surface area contributed by atoms with Crippen molar-refractivity contribution in [2.45, 2.75) is 19.8 Å². The van der Waals surface area contributed by atoms with Crippen LogP contribution in [0.4, 0.5) is 0 Å². The van der Waals surface area contributed by atoms with Crippen LogP contribution in [-0.2, 0) is 11.2 Å². The number of rotatable bonds is 4. The van der Waals surface area contributed by atoms with Crippen molar-refractivity contribution >= 4 is 11.8 Å². The van der Waals surface area contributed by atoms with Crippen LogP contribution in [0.1, 0.15) is 29.3 Å². The molecule has 0 spiro atoms.